The van der Waals surface area contributed by atoms with Crippen molar-refractivity contribution in [1.82, 2.24) is 24.5 Å². The lowest BCUT2D eigenvalue weighted by atomic mass is 10.1. The Labute approximate surface area is 179 Å². The van der Waals surface area contributed by atoms with E-state index in [0.717, 1.165) is 28.3 Å². The van der Waals surface area contributed by atoms with Crippen molar-refractivity contribution in [1.29, 1.82) is 0 Å². The zero-order valence-electron chi connectivity index (χ0n) is 17.1. The first kappa shape index (κ1) is 18.8. The van der Waals surface area contributed by atoms with Gasteiger partial charge in [-0.05, 0) is 31.2 Å². The van der Waals surface area contributed by atoms with Crippen LogP contribution in [0.5, 0.6) is 0 Å². The zero-order valence-corrected chi connectivity index (χ0v) is 17.1. The Balaban J connectivity index is 1.45. The van der Waals surface area contributed by atoms with Crippen molar-refractivity contribution in [3.63, 3.8) is 0 Å². The van der Waals surface area contributed by atoms with Crippen LogP contribution in [0.4, 0.5) is 0 Å². The second-order valence-electron chi connectivity index (χ2n) is 7.35. The van der Waals surface area contributed by atoms with E-state index in [1.54, 1.807) is 10.9 Å². The van der Waals surface area contributed by atoms with Crippen molar-refractivity contribution in [2.24, 2.45) is 0 Å². The molecule has 1 amide bonds. The first-order chi connectivity index (χ1) is 15.2. The number of para-hydroxylation sites is 1. The van der Waals surface area contributed by atoms with Gasteiger partial charge in [0, 0.05) is 23.7 Å². The Kier molecular flexibility index (Phi) is 4.80. The molecule has 1 N–H and O–H groups in total. The third kappa shape index (κ3) is 3.71. The summed E-state index contributed by atoms with van der Waals surface area (Å²) in [7, 11) is 0. The first-order valence-corrected chi connectivity index (χ1v) is 10.1. The highest BCUT2D eigenvalue weighted by Crippen LogP contribution is 2.23. The van der Waals surface area contributed by atoms with Gasteiger partial charge in [-0.2, -0.15) is 5.10 Å². The number of pyridine rings is 1. The zero-order chi connectivity index (χ0) is 21.2. The van der Waals surface area contributed by atoms with Crippen LogP contribution >= 0.6 is 0 Å². The molecule has 0 atom stereocenters. The number of imidazole rings is 1. The van der Waals surface area contributed by atoms with Gasteiger partial charge in [-0.1, -0.05) is 54.6 Å². The predicted molar refractivity (Wildman–Crippen MR) is 120 cm³/mol. The normalized spacial score (nSPS) is 11.0. The maximum Gasteiger partial charge on any atom is 0.255 e. The lowest BCUT2D eigenvalue weighted by molar-refractivity contribution is 0.0951. The van der Waals surface area contributed by atoms with Crippen LogP contribution in [0.3, 0.4) is 0 Å². The Bertz CT molecular complexity index is 1350. The summed E-state index contributed by atoms with van der Waals surface area (Å²) in [5, 5.41) is 7.71. The molecule has 3 heterocycles. The number of aromatic nitrogens is 4. The van der Waals surface area contributed by atoms with Crippen molar-refractivity contribution >= 4 is 11.6 Å². The smallest absolute Gasteiger partial charge is 0.255 e. The molecule has 0 saturated heterocycles. The SMILES string of the molecule is Cc1cccc2nc(CNC(=O)c3cn(-c4ccccc4)nc3-c3ccccc3)cn12. The fourth-order valence-corrected chi connectivity index (χ4v) is 3.61. The quantitative estimate of drug-likeness (QED) is 0.469. The lowest BCUT2D eigenvalue weighted by Gasteiger charge is -2.04. The third-order valence-electron chi connectivity index (χ3n) is 5.20. The summed E-state index contributed by atoms with van der Waals surface area (Å²) in [5.41, 5.74) is 5.73. The molecule has 0 bridgehead atoms. The lowest BCUT2D eigenvalue weighted by Crippen LogP contribution is -2.23. The average molecular weight is 407 g/mol. The summed E-state index contributed by atoms with van der Waals surface area (Å²) < 4.78 is 3.76. The standard InChI is InChI=1S/C25H21N5O/c1-18-9-8-14-23-27-20(16-29(18)23)15-26-25(31)22-17-30(21-12-6-3-7-13-21)28-24(22)19-10-4-2-5-11-19/h2-14,16-17H,15H2,1H3,(H,26,31). The minimum atomic E-state index is -0.185. The number of carbonyl (C=O) groups excluding carboxylic acids is 1. The Morgan fingerprint density at radius 2 is 1.65 bits per heavy atom. The van der Waals surface area contributed by atoms with Gasteiger partial charge in [0.25, 0.3) is 5.91 Å². The Morgan fingerprint density at radius 3 is 2.39 bits per heavy atom. The van der Waals surface area contributed by atoms with Crippen LogP contribution in [-0.2, 0) is 6.54 Å². The van der Waals surface area contributed by atoms with E-state index in [4.69, 9.17) is 5.10 Å². The van der Waals surface area contributed by atoms with Crippen LogP contribution < -0.4 is 5.32 Å². The summed E-state index contributed by atoms with van der Waals surface area (Å²) in [6.45, 7) is 2.37. The van der Waals surface area contributed by atoms with Gasteiger partial charge in [0.15, 0.2) is 0 Å². The minimum absolute atomic E-state index is 0.185. The second-order valence-corrected chi connectivity index (χ2v) is 7.35. The van der Waals surface area contributed by atoms with Crippen LogP contribution in [-0.4, -0.2) is 25.1 Å². The van der Waals surface area contributed by atoms with E-state index >= 15 is 0 Å². The fraction of sp³-hybridized carbons (Fsp3) is 0.0800. The molecule has 5 rings (SSSR count). The Morgan fingerprint density at radius 1 is 0.903 bits per heavy atom. The molecule has 6 heteroatoms. The van der Waals surface area contributed by atoms with Gasteiger partial charge in [-0.3, -0.25) is 4.79 Å². The maximum atomic E-state index is 13.1. The van der Waals surface area contributed by atoms with E-state index in [9.17, 15) is 4.79 Å². The highest BCUT2D eigenvalue weighted by molar-refractivity contribution is 5.99. The van der Waals surface area contributed by atoms with E-state index < -0.39 is 0 Å². The molecule has 0 spiro atoms. The molecule has 0 aliphatic heterocycles. The summed E-state index contributed by atoms with van der Waals surface area (Å²) in [4.78, 5) is 17.7. The van der Waals surface area contributed by atoms with E-state index in [0.29, 0.717) is 17.8 Å². The highest BCUT2D eigenvalue weighted by Gasteiger charge is 2.19. The number of nitrogens with zero attached hydrogens (tertiary/aromatic N) is 4. The van der Waals surface area contributed by atoms with Crippen LogP contribution in [0.2, 0.25) is 0 Å². The fourth-order valence-electron chi connectivity index (χ4n) is 3.61. The molecule has 0 fully saturated rings. The van der Waals surface area contributed by atoms with Crippen molar-refractivity contribution in [2.45, 2.75) is 13.5 Å². The number of rotatable bonds is 5. The molecule has 0 aliphatic rings. The van der Waals surface area contributed by atoms with Gasteiger partial charge in [-0.15, -0.1) is 0 Å². The number of aryl methyl sites for hydroxylation is 1. The number of hydrogen-bond acceptors (Lipinski definition) is 3. The van der Waals surface area contributed by atoms with Crippen LogP contribution in [0.15, 0.2) is 91.3 Å². The topological polar surface area (TPSA) is 64.2 Å². The number of hydrogen-bond donors (Lipinski definition) is 1. The number of fused-ring (bicyclic) bond motifs is 1. The molecule has 0 saturated carbocycles. The molecule has 2 aromatic carbocycles. The van der Waals surface area contributed by atoms with Gasteiger partial charge < -0.3 is 9.72 Å². The highest BCUT2D eigenvalue weighted by atomic mass is 16.1. The molecule has 0 radical (unpaired) electrons. The number of nitrogens with one attached hydrogen (secondary N) is 1. The molecule has 3 aromatic heterocycles. The van der Waals surface area contributed by atoms with E-state index in [-0.39, 0.29) is 5.91 Å². The van der Waals surface area contributed by atoms with Gasteiger partial charge in [0.05, 0.1) is 23.5 Å². The van der Waals surface area contributed by atoms with Crippen molar-refractivity contribution in [2.75, 3.05) is 0 Å². The monoisotopic (exact) mass is 407 g/mol. The number of carbonyl (C=O) groups is 1. The molecule has 152 valence electrons. The minimum Gasteiger partial charge on any atom is -0.346 e. The van der Waals surface area contributed by atoms with E-state index in [1.807, 2.05) is 96.4 Å². The summed E-state index contributed by atoms with van der Waals surface area (Å²) in [5.74, 6) is -0.185. The first-order valence-electron chi connectivity index (χ1n) is 10.1. The largest absolute Gasteiger partial charge is 0.346 e. The summed E-state index contributed by atoms with van der Waals surface area (Å²) >= 11 is 0. The van der Waals surface area contributed by atoms with Crippen LogP contribution in [0, 0.1) is 6.92 Å². The molecule has 5 aromatic rings. The Hall–Kier alpha value is -4.19. The van der Waals surface area contributed by atoms with Crippen molar-refractivity contribution in [3.05, 3.63) is 108 Å². The van der Waals surface area contributed by atoms with Crippen LogP contribution in [0.1, 0.15) is 21.7 Å². The van der Waals surface area contributed by atoms with E-state index in [1.165, 1.54) is 0 Å². The van der Waals surface area contributed by atoms with Gasteiger partial charge in [0.2, 0.25) is 0 Å². The second kappa shape index (κ2) is 7.91. The van der Waals surface area contributed by atoms with Crippen LogP contribution in [0.25, 0.3) is 22.6 Å². The molecular formula is C25H21N5O. The third-order valence-corrected chi connectivity index (χ3v) is 5.20. The molecule has 0 aliphatic carbocycles. The van der Waals surface area contributed by atoms with Crippen molar-refractivity contribution in [3.8, 4) is 16.9 Å². The maximum absolute atomic E-state index is 13.1. The molecule has 0 unspecified atom stereocenters. The van der Waals surface area contributed by atoms with Gasteiger partial charge in [0.1, 0.15) is 11.3 Å². The number of benzene rings is 2. The molecule has 6 nitrogen and oxygen atoms in total. The molecule has 31 heavy (non-hydrogen) atoms. The predicted octanol–water partition coefficient (Wildman–Crippen LogP) is 4.43. The summed E-state index contributed by atoms with van der Waals surface area (Å²) in [6, 6.07) is 25.5. The van der Waals surface area contributed by atoms with Gasteiger partial charge >= 0.3 is 0 Å². The average Bonchev–Trinajstić information content (AvgIpc) is 3.44. The summed E-state index contributed by atoms with van der Waals surface area (Å²) in [6.07, 6.45) is 3.73. The number of amides is 1. The van der Waals surface area contributed by atoms with Gasteiger partial charge in [-0.25, -0.2) is 9.67 Å². The van der Waals surface area contributed by atoms with E-state index in [2.05, 4.69) is 10.3 Å². The van der Waals surface area contributed by atoms with Crippen molar-refractivity contribution < 1.29 is 4.79 Å². The molecular weight excluding hydrogens is 386 g/mol.